The Morgan fingerprint density at radius 1 is 1.50 bits per heavy atom. The molecule has 2 fully saturated rings. The third-order valence-corrected chi connectivity index (χ3v) is 4.37. The van der Waals surface area contributed by atoms with Crippen LogP contribution in [0.25, 0.3) is 0 Å². The van der Waals surface area contributed by atoms with Gasteiger partial charge in [0.05, 0.1) is 18.8 Å². The molecule has 1 saturated heterocycles. The van der Waals surface area contributed by atoms with Crippen molar-refractivity contribution in [3.05, 3.63) is 22.4 Å². The Kier molecular flexibility index (Phi) is 3.20. The lowest BCUT2D eigenvalue weighted by molar-refractivity contribution is -0.0448. The fourth-order valence-corrected chi connectivity index (χ4v) is 3.59. The maximum atomic E-state index is 12.6. The van der Waals surface area contributed by atoms with Crippen LogP contribution in [-0.2, 0) is 11.8 Å². The Morgan fingerprint density at radius 3 is 3.06 bits per heavy atom. The van der Waals surface area contributed by atoms with Gasteiger partial charge >= 0.3 is 0 Å². The summed E-state index contributed by atoms with van der Waals surface area (Å²) in [6.45, 7) is 1.38. The predicted octanol–water partition coefficient (Wildman–Crippen LogP) is 2.18. The zero-order valence-electron chi connectivity index (χ0n) is 10.4. The van der Waals surface area contributed by atoms with Crippen LogP contribution < -0.4 is 0 Å². The molecule has 0 radical (unpaired) electrons. The highest BCUT2D eigenvalue weighted by molar-refractivity contribution is 9.10. The summed E-state index contributed by atoms with van der Waals surface area (Å²) in [5, 5.41) is 0. The maximum absolute atomic E-state index is 12.6. The van der Waals surface area contributed by atoms with Gasteiger partial charge in [-0.15, -0.1) is 0 Å². The molecule has 18 heavy (non-hydrogen) atoms. The van der Waals surface area contributed by atoms with E-state index in [4.69, 9.17) is 4.74 Å². The van der Waals surface area contributed by atoms with Crippen molar-refractivity contribution in [2.24, 2.45) is 7.05 Å². The van der Waals surface area contributed by atoms with Crippen LogP contribution in [0.2, 0.25) is 0 Å². The molecule has 4 nitrogen and oxygen atoms in total. The van der Waals surface area contributed by atoms with Crippen LogP contribution in [0.3, 0.4) is 0 Å². The average molecular weight is 313 g/mol. The molecule has 1 aliphatic heterocycles. The first-order valence-electron chi connectivity index (χ1n) is 6.41. The van der Waals surface area contributed by atoms with Gasteiger partial charge in [0, 0.05) is 24.3 Å². The minimum atomic E-state index is 0.128. The average Bonchev–Trinajstić information content (AvgIpc) is 2.94. The molecule has 1 amide bonds. The molecule has 2 unspecified atom stereocenters. The van der Waals surface area contributed by atoms with E-state index in [1.807, 2.05) is 28.8 Å². The molecule has 2 aliphatic rings. The van der Waals surface area contributed by atoms with Gasteiger partial charge in [-0.25, -0.2) is 0 Å². The van der Waals surface area contributed by atoms with Gasteiger partial charge in [0.2, 0.25) is 0 Å². The van der Waals surface area contributed by atoms with Crippen LogP contribution >= 0.6 is 15.9 Å². The third-order valence-electron chi connectivity index (χ3n) is 3.93. The van der Waals surface area contributed by atoms with Gasteiger partial charge in [-0.1, -0.05) is 0 Å². The van der Waals surface area contributed by atoms with E-state index < -0.39 is 0 Å². The van der Waals surface area contributed by atoms with Crippen molar-refractivity contribution in [3.63, 3.8) is 0 Å². The highest BCUT2D eigenvalue weighted by Gasteiger charge is 2.39. The van der Waals surface area contributed by atoms with E-state index in [-0.39, 0.29) is 18.1 Å². The lowest BCUT2D eigenvalue weighted by Gasteiger charge is -2.37. The van der Waals surface area contributed by atoms with Gasteiger partial charge in [0.25, 0.3) is 5.91 Å². The molecule has 2 atom stereocenters. The molecule has 1 saturated carbocycles. The third kappa shape index (κ3) is 1.99. The Balaban J connectivity index is 1.85. The number of fused-ring (bicyclic) bond motifs is 1. The molecule has 0 N–H and O–H groups in total. The molecular formula is C13H17BrN2O2. The molecule has 1 aromatic heterocycles. The topological polar surface area (TPSA) is 34.5 Å². The second kappa shape index (κ2) is 4.70. The number of hydrogen-bond acceptors (Lipinski definition) is 2. The van der Waals surface area contributed by atoms with Gasteiger partial charge < -0.3 is 14.2 Å². The molecular weight excluding hydrogens is 296 g/mol. The number of aromatic nitrogens is 1. The van der Waals surface area contributed by atoms with E-state index in [1.54, 1.807) is 0 Å². The minimum absolute atomic E-state index is 0.128. The first-order valence-corrected chi connectivity index (χ1v) is 7.20. The summed E-state index contributed by atoms with van der Waals surface area (Å²) in [6, 6.07) is 2.17. The van der Waals surface area contributed by atoms with Crippen molar-refractivity contribution in [1.82, 2.24) is 9.47 Å². The Bertz CT molecular complexity index is 472. The zero-order valence-corrected chi connectivity index (χ0v) is 12.0. The summed E-state index contributed by atoms with van der Waals surface area (Å²) in [4.78, 5) is 14.6. The molecule has 2 heterocycles. The summed E-state index contributed by atoms with van der Waals surface area (Å²) in [5.74, 6) is 0.128. The fraction of sp³-hybridized carbons (Fsp3) is 0.615. The van der Waals surface area contributed by atoms with Crippen LogP contribution in [-0.4, -0.2) is 40.7 Å². The minimum Gasteiger partial charge on any atom is -0.374 e. The Hall–Kier alpha value is -0.810. The van der Waals surface area contributed by atoms with Crippen molar-refractivity contribution < 1.29 is 9.53 Å². The van der Waals surface area contributed by atoms with E-state index >= 15 is 0 Å². The lowest BCUT2D eigenvalue weighted by Crippen LogP contribution is -2.51. The van der Waals surface area contributed by atoms with Crippen molar-refractivity contribution in [3.8, 4) is 0 Å². The number of amides is 1. The van der Waals surface area contributed by atoms with Crippen LogP contribution in [0.5, 0.6) is 0 Å². The molecule has 5 heteroatoms. The van der Waals surface area contributed by atoms with Gasteiger partial charge in [-0.3, -0.25) is 4.79 Å². The molecule has 1 aliphatic carbocycles. The number of halogens is 1. The van der Waals surface area contributed by atoms with Crippen molar-refractivity contribution in [2.75, 3.05) is 13.2 Å². The molecule has 0 bridgehead atoms. The largest absolute Gasteiger partial charge is 0.374 e. The number of ether oxygens (including phenoxy) is 1. The number of carbonyl (C=O) groups is 1. The van der Waals surface area contributed by atoms with E-state index in [2.05, 4.69) is 15.9 Å². The number of hydrogen-bond donors (Lipinski definition) is 0. The number of carbonyl (C=O) groups excluding carboxylic acids is 1. The molecule has 98 valence electrons. The monoisotopic (exact) mass is 312 g/mol. The van der Waals surface area contributed by atoms with Gasteiger partial charge in [0.15, 0.2) is 0 Å². The molecule has 3 rings (SSSR count). The smallest absolute Gasteiger partial charge is 0.270 e. The number of rotatable bonds is 1. The summed E-state index contributed by atoms with van der Waals surface area (Å²) in [6.07, 6.45) is 5.50. The number of morpholine rings is 1. The van der Waals surface area contributed by atoms with Gasteiger partial charge in [-0.2, -0.15) is 0 Å². The van der Waals surface area contributed by atoms with Gasteiger partial charge in [0.1, 0.15) is 5.69 Å². The highest BCUT2D eigenvalue weighted by atomic mass is 79.9. The van der Waals surface area contributed by atoms with Gasteiger partial charge in [-0.05, 0) is 41.3 Å². The fourth-order valence-electron chi connectivity index (χ4n) is 3.06. The van der Waals surface area contributed by atoms with Crippen LogP contribution in [0.4, 0.5) is 0 Å². The zero-order chi connectivity index (χ0) is 12.7. The standard InChI is InChI=1S/C13H17BrN2O2/c1-15-8-9(14)7-11(15)13(17)16-5-6-18-12-4-2-3-10(12)16/h7-8,10,12H,2-6H2,1H3. The second-order valence-electron chi connectivity index (χ2n) is 5.06. The van der Waals surface area contributed by atoms with Crippen molar-refractivity contribution >= 4 is 21.8 Å². The first-order chi connectivity index (χ1) is 8.66. The second-order valence-corrected chi connectivity index (χ2v) is 5.98. The quantitative estimate of drug-likeness (QED) is 0.796. The van der Waals surface area contributed by atoms with E-state index in [9.17, 15) is 4.79 Å². The van der Waals surface area contributed by atoms with Crippen LogP contribution in [0.15, 0.2) is 16.7 Å². The van der Waals surface area contributed by atoms with E-state index in [0.717, 1.165) is 29.4 Å². The van der Waals surface area contributed by atoms with Crippen LogP contribution in [0.1, 0.15) is 29.8 Å². The normalized spacial score (nSPS) is 27.3. The highest BCUT2D eigenvalue weighted by Crippen LogP contribution is 2.31. The SMILES string of the molecule is Cn1cc(Br)cc1C(=O)N1CCOC2CCCC21. The first kappa shape index (κ1) is 12.2. The van der Waals surface area contributed by atoms with E-state index in [1.165, 1.54) is 0 Å². The Labute approximate surface area is 115 Å². The summed E-state index contributed by atoms with van der Waals surface area (Å²) >= 11 is 3.42. The summed E-state index contributed by atoms with van der Waals surface area (Å²) in [5.41, 5.74) is 0.745. The number of nitrogens with zero attached hydrogens (tertiary/aromatic N) is 2. The van der Waals surface area contributed by atoms with Crippen LogP contribution in [0, 0.1) is 0 Å². The lowest BCUT2D eigenvalue weighted by atomic mass is 10.1. The van der Waals surface area contributed by atoms with E-state index in [0.29, 0.717) is 13.2 Å². The Morgan fingerprint density at radius 2 is 2.33 bits per heavy atom. The molecule has 1 aromatic rings. The maximum Gasteiger partial charge on any atom is 0.270 e. The summed E-state index contributed by atoms with van der Waals surface area (Å²) in [7, 11) is 1.91. The van der Waals surface area contributed by atoms with Crippen molar-refractivity contribution in [1.29, 1.82) is 0 Å². The predicted molar refractivity (Wildman–Crippen MR) is 71.5 cm³/mol. The van der Waals surface area contributed by atoms with Crippen molar-refractivity contribution in [2.45, 2.75) is 31.4 Å². The molecule has 0 aromatic carbocycles. The number of aryl methyl sites for hydroxylation is 1. The molecule has 0 spiro atoms. The summed E-state index contributed by atoms with van der Waals surface area (Å²) < 4.78 is 8.57.